The predicted octanol–water partition coefficient (Wildman–Crippen LogP) is 9.05. The number of rotatable bonds is 7. The highest BCUT2D eigenvalue weighted by molar-refractivity contribution is 8.00. The summed E-state index contributed by atoms with van der Waals surface area (Å²) in [6.07, 6.45) is 2.56. The molecule has 4 aromatic carbocycles. The lowest BCUT2D eigenvalue weighted by molar-refractivity contribution is -0.160. The monoisotopic (exact) mass is 593 g/mol. The Hall–Kier alpha value is -3.74. The van der Waals surface area contributed by atoms with Crippen LogP contribution in [0.1, 0.15) is 62.0 Å². The second kappa shape index (κ2) is 12.1. The molecule has 222 valence electrons. The van der Waals surface area contributed by atoms with Gasteiger partial charge in [-0.3, -0.25) is 0 Å². The minimum atomic E-state index is -1.10. The molecule has 0 saturated carbocycles. The van der Waals surface area contributed by atoms with Crippen molar-refractivity contribution in [2.75, 3.05) is 17.5 Å². The zero-order chi connectivity index (χ0) is 30.1. The van der Waals surface area contributed by atoms with Crippen molar-refractivity contribution in [3.05, 3.63) is 101 Å². The van der Waals surface area contributed by atoms with Crippen LogP contribution in [-0.2, 0) is 22.4 Å². The smallest absolute Gasteiger partial charge is 0.337 e. The lowest BCUT2D eigenvalue weighted by Crippen LogP contribution is -2.31. The first-order chi connectivity index (χ1) is 20.7. The molecule has 0 radical (unpaired) electrons. The molecule has 1 atom stereocenters. The molecule has 0 bridgehead atoms. The molecular formula is C37H39NO4S. The summed E-state index contributed by atoms with van der Waals surface area (Å²) in [7, 11) is 0. The highest BCUT2D eigenvalue weighted by atomic mass is 32.2. The van der Waals surface area contributed by atoms with Crippen molar-refractivity contribution in [1.82, 2.24) is 0 Å². The summed E-state index contributed by atoms with van der Waals surface area (Å²) in [5.74, 6) is -0.0428. The maximum atomic E-state index is 13.0. The van der Waals surface area contributed by atoms with Crippen molar-refractivity contribution in [2.24, 2.45) is 0 Å². The molecule has 0 aliphatic carbocycles. The van der Waals surface area contributed by atoms with E-state index in [2.05, 4.69) is 78.0 Å². The van der Waals surface area contributed by atoms with Gasteiger partial charge in [0, 0.05) is 17.0 Å². The third-order valence-corrected chi connectivity index (χ3v) is 9.08. The van der Waals surface area contributed by atoms with Gasteiger partial charge in [-0.15, -0.1) is 0 Å². The van der Waals surface area contributed by atoms with Crippen LogP contribution in [-0.4, -0.2) is 29.8 Å². The molecule has 2 aliphatic heterocycles. The Morgan fingerprint density at radius 2 is 1.72 bits per heavy atom. The minimum Gasteiger partial charge on any atom is -0.493 e. The van der Waals surface area contributed by atoms with Gasteiger partial charge in [-0.1, -0.05) is 48.5 Å². The topological polar surface area (TPSA) is 59.0 Å². The minimum absolute atomic E-state index is 0.637. The Kier molecular flexibility index (Phi) is 8.25. The van der Waals surface area contributed by atoms with Gasteiger partial charge in [-0.25, -0.2) is 4.79 Å². The quantitative estimate of drug-likeness (QED) is 0.216. The van der Waals surface area contributed by atoms with Gasteiger partial charge >= 0.3 is 5.97 Å². The number of aliphatic carboxylic acids is 1. The lowest BCUT2D eigenvalue weighted by atomic mass is 9.83. The van der Waals surface area contributed by atoms with Gasteiger partial charge in [-0.2, -0.15) is 0 Å². The van der Waals surface area contributed by atoms with Gasteiger partial charge in [0.25, 0.3) is 0 Å². The number of aryl methyl sites for hydroxylation is 2. The number of carboxylic acid groups (broad SMARTS) is 1. The van der Waals surface area contributed by atoms with Gasteiger partial charge in [0.2, 0.25) is 0 Å². The Labute approximate surface area is 259 Å². The normalized spacial score (nSPS) is 15.3. The first-order valence-corrected chi connectivity index (χ1v) is 15.9. The number of benzene rings is 4. The molecule has 0 spiro atoms. The third-order valence-electron chi connectivity index (χ3n) is 8.02. The molecule has 2 heterocycles. The van der Waals surface area contributed by atoms with Gasteiger partial charge in [-0.05, 0) is 135 Å². The summed E-state index contributed by atoms with van der Waals surface area (Å²) in [6.45, 7) is 9.46. The number of nitrogens with zero attached hydrogens (tertiary/aromatic N) is 1. The van der Waals surface area contributed by atoms with E-state index in [-0.39, 0.29) is 0 Å². The van der Waals surface area contributed by atoms with Crippen LogP contribution in [0, 0.1) is 6.92 Å². The van der Waals surface area contributed by atoms with Crippen molar-refractivity contribution < 1.29 is 19.4 Å². The van der Waals surface area contributed by atoms with Crippen LogP contribution in [0.15, 0.2) is 83.8 Å². The molecule has 43 heavy (non-hydrogen) atoms. The highest BCUT2D eigenvalue weighted by Gasteiger charge is 2.35. The second-order valence-corrected chi connectivity index (χ2v) is 13.5. The van der Waals surface area contributed by atoms with Gasteiger partial charge < -0.3 is 18.9 Å². The molecule has 4 aromatic rings. The molecule has 0 aromatic heterocycles. The van der Waals surface area contributed by atoms with E-state index in [9.17, 15) is 9.90 Å². The fourth-order valence-corrected chi connectivity index (χ4v) is 7.29. The Bertz CT molecular complexity index is 1640. The van der Waals surface area contributed by atoms with E-state index in [0.29, 0.717) is 0 Å². The van der Waals surface area contributed by atoms with E-state index in [1.165, 1.54) is 16.7 Å². The van der Waals surface area contributed by atoms with E-state index in [0.717, 1.165) is 83.0 Å². The van der Waals surface area contributed by atoms with Crippen molar-refractivity contribution >= 4 is 23.6 Å². The van der Waals surface area contributed by atoms with Crippen LogP contribution in [0.4, 0.5) is 5.69 Å². The van der Waals surface area contributed by atoms with Crippen LogP contribution >= 0.6 is 11.9 Å². The maximum absolute atomic E-state index is 13.0. The Morgan fingerprint density at radius 1 is 0.930 bits per heavy atom. The fourth-order valence-electron chi connectivity index (χ4n) is 6.23. The summed E-state index contributed by atoms with van der Waals surface area (Å²) in [5.41, 5.74) is 8.82. The summed E-state index contributed by atoms with van der Waals surface area (Å²) in [4.78, 5) is 14.1. The van der Waals surface area contributed by atoms with Crippen molar-refractivity contribution in [3.63, 3.8) is 0 Å². The van der Waals surface area contributed by atoms with E-state index in [1.54, 1.807) is 11.9 Å². The summed E-state index contributed by atoms with van der Waals surface area (Å²) in [6, 6.07) is 27.6. The Morgan fingerprint density at radius 3 is 2.49 bits per heavy atom. The van der Waals surface area contributed by atoms with Gasteiger partial charge in [0.15, 0.2) is 6.10 Å². The van der Waals surface area contributed by atoms with Crippen LogP contribution in [0.3, 0.4) is 0 Å². The van der Waals surface area contributed by atoms with Crippen LogP contribution in [0.5, 0.6) is 5.75 Å². The standard InChI is InChI=1S/C37H39NO4S/c1-24-21-31-30(16-9-19-38(31)43-29-15-8-13-26(23-29)25-11-6-5-7-12-25)34(35(36(39)40)42-37(2,3)4)33(24)28-17-18-32-27(22-28)14-10-20-41-32/h5-8,11-13,15,17-18,21-23,35H,9-10,14,16,19-20H2,1-4H3,(H,39,40). The molecule has 6 heteroatoms. The molecule has 2 aliphatic rings. The average Bonchev–Trinajstić information content (AvgIpc) is 2.99. The number of carbonyl (C=O) groups is 1. The molecule has 0 amide bonds. The van der Waals surface area contributed by atoms with Crippen LogP contribution in [0.25, 0.3) is 22.3 Å². The van der Waals surface area contributed by atoms with Crippen LogP contribution < -0.4 is 9.04 Å². The van der Waals surface area contributed by atoms with E-state index < -0.39 is 17.7 Å². The van der Waals surface area contributed by atoms with E-state index in [1.807, 2.05) is 32.9 Å². The molecular weight excluding hydrogens is 554 g/mol. The summed E-state index contributed by atoms with van der Waals surface area (Å²) < 4.78 is 14.6. The van der Waals surface area contributed by atoms with Crippen molar-refractivity contribution in [1.29, 1.82) is 0 Å². The molecule has 1 N–H and O–H groups in total. The molecule has 0 fully saturated rings. The fraction of sp³-hybridized carbons (Fsp3) is 0.324. The van der Waals surface area contributed by atoms with Crippen molar-refractivity contribution in [3.8, 4) is 28.0 Å². The number of carboxylic acids is 1. The molecule has 0 saturated heterocycles. The summed E-state index contributed by atoms with van der Waals surface area (Å²) >= 11 is 1.72. The zero-order valence-electron chi connectivity index (χ0n) is 25.4. The molecule has 6 rings (SSSR count). The second-order valence-electron chi connectivity index (χ2n) is 12.4. The summed E-state index contributed by atoms with van der Waals surface area (Å²) in [5, 5.41) is 10.6. The number of hydrogen-bond donors (Lipinski definition) is 1. The molecule has 5 nitrogen and oxygen atoms in total. The van der Waals surface area contributed by atoms with Gasteiger partial charge in [0.05, 0.1) is 17.9 Å². The number of hydrogen-bond acceptors (Lipinski definition) is 5. The average molecular weight is 594 g/mol. The van der Waals surface area contributed by atoms with E-state index in [4.69, 9.17) is 9.47 Å². The lowest BCUT2D eigenvalue weighted by Gasteiger charge is -2.36. The number of ether oxygens (including phenoxy) is 2. The SMILES string of the molecule is Cc1cc2c(c(C(OC(C)(C)C)C(=O)O)c1-c1ccc3c(c1)CCCO3)CCCN2Sc1cccc(-c2ccccc2)c1. The first-order valence-electron chi connectivity index (χ1n) is 15.1. The predicted molar refractivity (Wildman–Crippen MR) is 175 cm³/mol. The maximum Gasteiger partial charge on any atom is 0.337 e. The first kappa shape index (κ1) is 29.3. The van der Waals surface area contributed by atoms with Crippen LogP contribution in [0.2, 0.25) is 0 Å². The Balaban J connectivity index is 1.47. The zero-order valence-corrected chi connectivity index (χ0v) is 26.2. The van der Waals surface area contributed by atoms with E-state index >= 15 is 0 Å². The molecule has 1 unspecified atom stereocenters. The highest BCUT2D eigenvalue weighted by Crippen LogP contribution is 2.47. The number of fused-ring (bicyclic) bond motifs is 2. The number of anilines is 1. The third kappa shape index (κ3) is 6.31. The largest absolute Gasteiger partial charge is 0.493 e. The van der Waals surface area contributed by atoms with Crippen molar-refractivity contribution in [2.45, 2.75) is 70.0 Å². The van der Waals surface area contributed by atoms with Gasteiger partial charge in [0.1, 0.15) is 5.75 Å².